The van der Waals surface area contributed by atoms with Crippen LogP contribution in [0.15, 0.2) is 84.9 Å². The van der Waals surface area contributed by atoms with E-state index in [2.05, 4.69) is 15.3 Å². The molecule has 0 fully saturated rings. The fourth-order valence-electron chi connectivity index (χ4n) is 3.27. The summed E-state index contributed by atoms with van der Waals surface area (Å²) in [4.78, 5) is 21.7. The second kappa shape index (κ2) is 10.1. The van der Waals surface area contributed by atoms with Gasteiger partial charge in [0.15, 0.2) is 0 Å². The maximum Gasteiger partial charge on any atom is 0.230 e. The number of hydrogen-bond acceptors (Lipinski definition) is 4. The van der Waals surface area contributed by atoms with Crippen LogP contribution in [-0.2, 0) is 11.2 Å². The molecule has 5 nitrogen and oxygen atoms in total. The Labute approximate surface area is 192 Å². The molecule has 0 bridgehead atoms. The van der Waals surface area contributed by atoms with Crippen molar-refractivity contribution in [3.8, 4) is 28.3 Å². The highest BCUT2D eigenvalue weighted by Gasteiger charge is 2.12. The molecule has 0 aliphatic heterocycles. The average molecular weight is 444 g/mol. The second-order valence-electron chi connectivity index (χ2n) is 7.23. The Morgan fingerprint density at radius 1 is 0.875 bits per heavy atom. The van der Waals surface area contributed by atoms with E-state index < -0.39 is 0 Å². The average Bonchev–Trinajstić information content (AvgIpc) is 2.84. The normalized spacial score (nSPS) is 10.6. The zero-order valence-corrected chi connectivity index (χ0v) is 18.3. The number of hydrogen-bond donors (Lipinski definition) is 1. The molecule has 0 aliphatic carbocycles. The van der Waals surface area contributed by atoms with Crippen molar-refractivity contribution >= 4 is 23.5 Å². The Kier molecular flexibility index (Phi) is 6.78. The van der Waals surface area contributed by atoms with Crippen molar-refractivity contribution in [2.75, 3.05) is 12.4 Å². The maximum absolute atomic E-state index is 12.6. The number of benzene rings is 3. The second-order valence-corrected chi connectivity index (χ2v) is 7.67. The van der Waals surface area contributed by atoms with Crippen LogP contribution < -0.4 is 10.1 Å². The van der Waals surface area contributed by atoms with Crippen LogP contribution in [-0.4, -0.2) is 23.0 Å². The Hall–Kier alpha value is -3.70. The van der Waals surface area contributed by atoms with Gasteiger partial charge in [0, 0.05) is 22.6 Å². The fourth-order valence-corrected chi connectivity index (χ4v) is 3.40. The van der Waals surface area contributed by atoms with Crippen LogP contribution in [0.4, 0.5) is 5.95 Å². The molecule has 1 N–H and O–H groups in total. The highest BCUT2D eigenvalue weighted by Crippen LogP contribution is 2.27. The molecule has 4 aromatic rings. The lowest BCUT2D eigenvalue weighted by atomic mass is 10.1. The number of halogens is 1. The van der Waals surface area contributed by atoms with E-state index >= 15 is 0 Å². The lowest BCUT2D eigenvalue weighted by molar-refractivity contribution is -0.116. The zero-order valence-electron chi connectivity index (χ0n) is 17.6. The molecular formula is C26H22ClN3O2. The first-order valence-corrected chi connectivity index (χ1v) is 10.6. The molecule has 3 aromatic carbocycles. The first-order valence-electron chi connectivity index (χ1n) is 10.2. The smallest absolute Gasteiger partial charge is 0.230 e. The van der Waals surface area contributed by atoms with Gasteiger partial charge < -0.3 is 4.74 Å². The van der Waals surface area contributed by atoms with Gasteiger partial charge in [-0.3, -0.25) is 10.1 Å². The van der Waals surface area contributed by atoms with Gasteiger partial charge in [-0.25, -0.2) is 9.97 Å². The summed E-state index contributed by atoms with van der Waals surface area (Å²) in [6.45, 7) is 0. The molecule has 0 atom stereocenters. The number of carbonyl (C=O) groups is 1. The van der Waals surface area contributed by atoms with Crippen LogP contribution >= 0.6 is 11.6 Å². The number of methoxy groups -OCH3 is 1. The number of aromatic nitrogens is 2. The van der Waals surface area contributed by atoms with E-state index in [0.29, 0.717) is 29.3 Å². The number of carbonyl (C=O) groups excluding carboxylic acids is 1. The van der Waals surface area contributed by atoms with E-state index in [0.717, 1.165) is 22.4 Å². The summed E-state index contributed by atoms with van der Waals surface area (Å²) < 4.78 is 5.25. The number of ether oxygens (including phenoxy) is 1. The molecular weight excluding hydrogens is 422 g/mol. The maximum atomic E-state index is 12.6. The molecule has 0 saturated carbocycles. The minimum atomic E-state index is -0.136. The van der Waals surface area contributed by atoms with Crippen LogP contribution in [0.5, 0.6) is 5.75 Å². The number of nitrogens with one attached hydrogen (secondary N) is 1. The van der Waals surface area contributed by atoms with Crippen LogP contribution in [0.25, 0.3) is 22.5 Å². The molecule has 0 radical (unpaired) electrons. The first kappa shape index (κ1) is 21.5. The Morgan fingerprint density at radius 2 is 1.47 bits per heavy atom. The van der Waals surface area contributed by atoms with Gasteiger partial charge >= 0.3 is 0 Å². The third kappa shape index (κ3) is 5.50. The minimum Gasteiger partial charge on any atom is -0.497 e. The molecule has 160 valence electrons. The highest BCUT2D eigenvalue weighted by molar-refractivity contribution is 6.30. The predicted molar refractivity (Wildman–Crippen MR) is 128 cm³/mol. The number of aryl methyl sites for hydroxylation is 1. The summed E-state index contributed by atoms with van der Waals surface area (Å²) in [6.07, 6.45) is 0.991. The van der Waals surface area contributed by atoms with Crippen LogP contribution in [0, 0.1) is 0 Å². The number of anilines is 1. The Bertz CT molecular complexity index is 1190. The summed E-state index contributed by atoms with van der Waals surface area (Å²) in [6, 6.07) is 26.8. The highest BCUT2D eigenvalue weighted by atomic mass is 35.5. The van der Waals surface area contributed by atoms with E-state index in [-0.39, 0.29) is 11.9 Å². The molecule has 0 saturated heterocycles. The monoisotopic (exact) mass is 443 g/mol. The zero-order chi connectivity index (χ0) is 22.3. The fraction of sp³-hybridized carbons (Fsp3) is 0.115. The van der Waals surface area contributed by atoms with Gasteiger partial charge in [-0.05, 0) is 54.4 Å². The van der Waals surface area contributed by atoms with E-state index in [9.17, 15) is 4.79 Å². The van der Waals surface area contributed by atoms with Gasteiger partial charge in [-0.15, -0.1) is 0 Å². The molecule has 32 heavy (non-hydrogen) atoms. The quantitative estimate of drug-likeness (QED) is 0.378. The van der Waals surface area contributed by atoms with Gasteiger partial charge in [0.05, 0.1) is 18.5 Å². The SMILES string of the molecule is COc1ccc(-c2cc(-c3ccc(Cl)cc3)nc(NC(=O)CCc3ccccc3)n2)cc1. The van der Waals surface area contributed by atoms with Crippen LogP contribution in [0.2, 0.25) is 5.02 Å². The summed E-state index contributed by atoms with van der Waals surface area (Å²) in [5.41, 5.74) is 4.28. The van der Waals surface area contributed by atoms with E-state index in [4.69, 9.17) is 16.3 Å². The number of nitrogens with zero attached hydrogens (tertiary/aromatic N) is 2. The van der Waals surface area contributed by atoms with Crippen molar-refractivity contribution in [1.82, 2.24) is 9.97 Å². The molecule has 0 aliphatic rings. The summed E-state index contributed by atoms with van der Waals surface area (Å²) in [7, 11) is 1.63. The topological polar surface area (TPSA) is 64.1 Å². The molecule has 1 amide bonds. The van der Waals surface area contributed by atoms with Gasteiger partial charge in [-0.2, -0.15) is 0 Å². The molecule has 0 spiro atoms. The summed E-state index contributed by atoms with van der Waals surface area (Å²) in [5.74, 6) is 0.888. The third-order valence-electron chi connectivity index (χ3n) is 4.99. The number of rotatable bonds is 7. The molecule has 0 unspecified atom stereocenters. The van der Waals surface area contributed by atoms with Crippen molar-refractivity contribution in [1.29, 1.82) is 0 Å². The minimum absolute atomic E-state index is 0.136. The van der Waals surface area contributed by atoms with E-state index in [1.807, 2.05) is 84.9 Å². The molecule has 1 aromatic heterocycles. The van der Waals surface area contributed by atoms with Crippen molar-refractivity contribution in [3.05, 3.63) is 95.5 Å². The van der Waals surface area contributed by atoms with Crippen molar-refractivity contribution in [2.24, 2.45) is 0 Å². The Morgan fingerprint density at radius 3 is 2.06 bits per heavy atom. The van der Waals surface area contributed by atoms with Crippen LogP contribution in [0.3, 0.4) is 0 Å². The molecule has 1 heterocycles. The summed E-state index contributed by atoms with van der Waals surface area (Å²) >= 11 is 6.04. The van der Waals surface area contributed by atoms with Crippen LogP contribution in [0.1, 0.15) is 12.0 Å². The van der Waals surface area contributed by atoms with E-state index in [1.54, 1.807) is 7.11 Å². The van der Waals surface area contributed by atoms with Crippen molar-refractivity contribution in [2.45, 2.75) is 12.8 Å². The Balaban J connectivity index is 1.61. The van der Waals surface area contributed by atoms with Gasteiger partial charge in [-0.1, -0.05) is 54.1 Å². The molecule has 4 rings (SSSR count). The largest absolute Gasteiger partial charge is 0.497 e. The third-order valence-corrected chi connectivity index (χ3v) is 5.24. The lowest BCUT2D eigenvalue weighted by Crippen LogP contribution is -2.15. The van der Waals surface area contributed by atoms with Gasteiger partial charge in [0.2, 0.25) is 11.9 Å². The standard InChI is InChI=1S/C26H22ClN3O2/c1-32-22-14-10-20(11-15-22)24-17-23(19-8-12-21(27)13-9-19)28-26(29-24)30-25(31)16-7-18-5-3-2-4-6-18/h2-6,8-15,17H,7,16H2,1H3,(H,28,29,30,31). The van der Waals surface area contributed by atoms with Crippen molar-refractivity contribution in [3.63, 3.8) is 0 Å². The van der Waals surface area contributed by atoms with Crippen molar-refractivity contribution < 1.29 is 9.53 Å². The van der Waals surface area contributed by atoms with Gasteiger partial charge in [0.25, 0.3) is 0 Å². The van der Waals surface area contributed by atoms with Gasteiger partial charge in [0.1, 0.15) is 5.75 Å². The first-order chi connectivity index (χ1) is 15.6. The summed E-state index contributed by atoms with van der Waals surface area (Å²) in [5, 5.41) is 3.50. The number of amides is 1. The predicted octanol–water partition coefficient (Wildman–Crippen LogP) is 6.04. The molecule has 6 heteroatoms. The van der Waals surface area contributed by atoms with E-state index in [1.165, 1.54) is 0 Å². The lowest BCUT2D eigenvalue weighted by Gasteiger charge is -2.10.